The molecule has 1 fully saturated rings. The molecule has 1 heterocycles. The lowest BCUT2D eigenvalue weighted by atomic mass is 10.2. The van der Waals surface area contributed by atoms with Crippen LogP contribution >= 0.6 is 27.5 Å². The molecule has 2 atom stereocenters. The van der Waals surface area contributed by atoms with E-state index < -0.39 is 0 Å². The topological polar surface area (TPSA) is 27.7 Å². The van der Waals surface area contributed by atoms with Crippen molar-refractivity contribution in [2.75, 3.05) is 13.2 Å². The summed E-state index contributed by atoms with van der Waals surface area (Å²) in [6.45, 7) is 0.975. The average Bonchev–Trinajstić information content (AvgIpc) is 2.96. The molecular weight excluding hydrogens is 356 g/mol. The fourth-order valence-corrected chi connectivity index (χ4v) is 2.44. The summed E-state index contributed by atoms with van der Waals surface area (Å²) in [5, 5.41) is 0.693. The molecule has 2 aromatic rings. The van der Waals surface area contributed by atoms with Crippen molar-refractivity contribution in [3.63, 3.8) is 0 Å². The van der Waals surface area contributed by atoms with Gasteiger partial charge in [-0.15, -0.1) is 0 Å². The van der Waals surface area contributed by atoms with E-state index in [0.29, 0.717) is 18.2 Å². The molecule has 5 heteroatoms. The number of hydrogen-bond acceptors (Lipinski definition) is 3. The summed E-state index contributed by atoms with van der Waals surface area (Å²) in [5.41, 5.74) is 1.01. The van der Waals surface area contributed by atoms with Crippen LogP contribution in [0.4, 0.5) is 0 Å². The second kappa shape index (κ2) is 6.79. The van der Waals surface area contributed by atoms with E-state index in [4.69, 9.17) is 25.8 Å². The van der Waals surface area contributed by atoms with E-state index in [-0.39, 0.29) is 12.4 Å². The molecule has 1 aliphatic rings. The molecular formula is C16H14BrClO3. The summed E-state index contributed by atoms with van der Waals surface area (Å²) in [5.74, 6) is 0.773. The Morgan fingerprint density at radius 3 is 2.52 bits per heavy atom. The molecule has 3 rings (SSSR count). The number of ether oxygens (including phenoxy) is 3. The van der Waals surface area contributed by atoms with E-state index in [1.807, 2.05) is 36.4 Å². The first-order valence-electron chi connectivity index (χ1n) is 6.61. The number of hydrogen-bond donors (Lipinski definition) is 0. The van der Waals surface area contributed by atoms with Crippen LogP contribution in [-0.4, -0.2) is 19.3 Å². The number of rotatable bonds is 4. The maximum absolute atomic E-state index is 5.84. The highest BCUT2D eigenvalue weighted by Crippen LogP contribution is 2.28. The first kappa shape index (κ1) is 14.9. The van der Waals surface area contributed by atoms with Gasteiger partial charge in [0.15, 0.2) is 6.29 Å². The molecule has 0 saturated carbocycles. The maximum Gasteiger partial charge on any atom is 0.184 e. The molecule has 110 valence electrons. The Labute approximate surface area is 136 Å². The zero-order chi connectivity index (χ0) is 14.7. The third-order valence-corrected chi connectivity index (χ3v) is 3.92. The van der Waals surface area contributed by atoms with Gasteiger partial charge in [0, 0.05) is 15.1 Å². The molecule has 21 heavy (non-hydrogen) atoms. The fraction of sp³-hybridized carbons (Fsp3) is 0.250. The van der Waals surface area contributed by atoms with E-state index in [0.717, 1.165) is 15.8 Å². The highest BCUT2D eigenvalue weighted by Gasteiger charge is 2.27. The van der Waals surface area contributed by atoms with Gasteiger partial charge in [0.25, 0.3) is 0 Å². The molecule has 3 nitrogen and oxygen atoms in total. The van der Waals surface area contributed by atoms with Crippen LogP contribution < -0.4 is 4.74 Å². The second-order valence-corrected chi connectivity index (χ2v) is 6.09. The van der Waals surface area contributed by atoms with Crippen molar-refractivity contribution in [1.29, 1.82) is 0 Å². The molecule has 0 amide bonds. The van der Waals surface area contributed by atoms with Crippen LogP contribution in [0.25, 0.3) is 0 Å². The van der Waals surface area contributed by atoms with Crippen LogP contribution in [-0.2, 0) is 9.47 Å². The Kier molecular flexibility index (Phi) is 4.80. The summed E-state index contributed by atoms with van der Waals surface area (Å²) in [4.78, 5) is 0. The molecule has 0 spiro atoms. The predicted octanol–water partition coefficient (Wildman–Crippen LogP) is 4.60. The molecule has 1 aliphatic heterocycles. The van der Waals surface area contributed by atoms with Crippen molar-refractivity contribution in [1.82, 2.24) is 0 Å². The van der Waals surface area contributed by atoms with Crippen LogP contribution in [0.1, 0.15) is 11.9 Å². The Bertz CT molecular complexity index is 585. The predicted molar refractivity (Wildman–Crippen MR) is 84.7 cm³/mol. The van der Waals surface area contributed by atoms with Gasteiger partial charge in [-0.1, -0.05) is 39.7 Å². The minimum absolute atomic E-state index is 0.0747. The van der Waals surface area contributed by atoms with E-state index >= 15 is 0 Å². The summed E-state index contributed by atoms with van der Waals surface area (Å²) in [6.07, 6.45) is -0.397. The lowest BCUT2D eigenvalue weighted by Gasteiger charge is -2.13. The quantitative estimate of drug-likeness (QED) is 0.788. The largest absolute Gasteiger partial charge is 0.491 e. The van der Waals surface area contributed by atoms with Crippen molar-refractivity contribution in [2.24, 2.45) is 0 Å². The van der Waals surface area contributed by atoms with Gasteiger partial charge in [-0.25, -0.2) is 0 Å². The Morgan fingerprint density at radius 1 is 1.10 bits per heavy atom. The maximum atomic E-state index is 5.84. The summed E-state index contributed by atoms with van der Waals surface area (Å²) < 4.78 is 18.2. The molecule has 0 aliphatic carbocycles. The van der Waals surface area contributed by atoms with Gasteiger partial charge in [-0.05, 0) is 36.4 Å². The monoisotopic (exact) mass is 368 g/mol. The van der Waals surface area contributed by atoms with Gasteiger partial charge in [0.2, 0.25) is 0 Å². The average molecular weight is 370 g/mol. The lowest BCUT2D eigenvalue weighted by molar-refractivity contribution is -0.0659. The molecule has 0 bridgehead atoms. The van der Waals surface area contributed by atoms with Crippen LogP contribution in [0, 0.1) is 0 Å². The molecule has 2 aromatic carbocycles. The van der Waals surface area contributed by atoms with Crippen LogP contribution in [0.2, 0.25) is 5.02 Å². The smallest absolute Gasteiger partial charge is 0.184 e. The normalized spacial score (nSPS) is 21.4. The molecule has 0 radical (unpaired) electrons. The Balaban J connectivity index is 1.52. The van der Waals surface area contributed by atoms with Crippen molar-refractivity contribution in [3.05, 3.63) is 63.6 Å². The van der Waals surface area contributed by atoms with E-state index in [1.54, 1.807) is 12.1 Å². The third kappa shape index (κ3) is 3.98. The third-order valence-electron chi connectivity index (χ3n) is 3.14. The van der Waals surface area contributed by atoms with E-state index in [2.05, 4.69) is 15.9 Å². The van der Waals surface area contributed by atoms with Gasteiger partial charge in [0.05, 0.1) is 6.61 Å². The molecule has 2 unspecified atom stereocenters. The van der Waals surface area contributed by atoms with Gasteiger partial charge in [-0.3, -0.25) is 0 Å². The van der Waals surface area contributed by atoms with Crippen molar-refractivity contribution < 1.29 is 14.2 Å². The molecule has 0 aromatic heterocycles. The minimum atomic E-state index is -0.322. The first-order valence-corrected chi connectivity index (χ1v) is 7.79. The number of halogens is 2. The summed E-state index contributed by atoms with van der Waals surface area (Å²) in [6, 6.07) is 15.2. The van der Waals surface area contributed by atoms with Crippen LogP contribution in [0.5, 0.6) is 5.75 Å². The molecule has 1 saturated heterocycles. The standard InChI is InChI=1S/C16H14BrClO3/c17-12-3-1-11(2-4-12)16-20-10-15(21-16)9-19-14-7-5-13(18)6-8-14/h1-8,15-16H,9-10H2. The first-order chi connectivity index (χ1) is 10.2. The SMILES string of the molecule is Clc1ccc(OCC2COC(c3ccc(Br)cc3)O2)cc1. The summed E-state index contributed by atoms with van der Waals surface area (Å²) in [7, 11) is 0. The minimum Gasteiger partial charge on any atom is -0.491 e. The second-order valence-electron chi connectivity index (χ2n) is 4.74. The molecule has 0 N–H and O–H groups in total. The van der Waals surface area contributed by atoms with E-state index in [9.17, 15) is 0 Å². The van der Waals surface area contributed by atoms with Gasteiger partial charge < -0.3 is 14.2 Å². The van der Waals surface area contributed by atoms with Gasteiger partial charge in [-0.2, -0.15) is 0 Å². The zero-order valence-electron chi connectivity index (χ0n) is 11.2. The van der Waals surface area contributed by atoms with Crippen molar-refractivity contribution in [2.45, 2.75) is 12.4 Å². The number of benzene rings is 2. The fourth-order valence-electron chi connectivity index (χ4n) is 2.05. The summed E-state index contributed by atoms with van der Waals surface area (Å²) >= 11 is 9.24. The zero-order valence-corrected chi connectivity index (χ0v) is 13.5. The van der Waals surface area contributed by atoms with Gasteiger partial charge in [0.1, 0.15) is 18.5 Å². The van der Waals surface area contributed by atoms with Crippen molar-refractivity contribution in [3.8, 4) is 5.75 Å². The highest BCUT2D eigenvalue weighted by molar-refractivity contribution is 9.10. The Morgan fingerprint density at radius 2 is 1.81 bits per heavy atom. The van der Waals surface area contributed by atoms with Crippen LogP contribution in [0.15, 0.2) is 53.0 Å². The van der Waals surface area contributed by atoms with Crippen LogP contribution in [0.3, 0.4) is 0 Å². The van der Waals surface area contributed by atoms with Crippen molar-refractivity contribution >= 4 is 27.5 Å². The lowest BCUT2D eigenvalue weighted by Crippen LogP contribution is -2.19. The highest BCUT2D eigenvalue weighted by atomic mass is 79.9. The Hall–Kier alpha value is -1.07. The van der Waals surface area contributed by atoms with E-state index in [1.165, 1.54) is 0 Å². The van der Waals surface area contributed by atoms with Gasteiger partial charge >= 0.3 is 0 Å².